The summed E-state index contributed by atoms with van der Waals surface area (Å²) in [7, 11) is 0. The Balaban J connectivity index is 1.92. The fourth-order valence-electron chi connectivity index (χ4n) is 1.95. The van der Waals surface area contributed by atoms with Gasteiger partial charge in [-0.15, -0.1) is 0 Å². The number of nitrogens with zero attached hydrogens (tertiary/aromatic N) is 2. The summed E-state index contributed by atoms with van der Waals surface area (Å²) in [4.78, 5) is 19.3. The predicted molar refractivity (Wildman–Crippen MR) is 75.7 cm³/mol. The molecule has 4 heteroatoms. The van der Waals surface area contributed by atoms with Gasteiger partial charge in [-0.3, -0.25) is 9.78 Å². The molecule has 1 aromatic carbocycles. The fourth-order valence-corrected chi connectivity index (χ4v) is 1.95. The molecule has 98 valence electrons. The first-order valence-electron chi connectivity index (χ1n) is 6.24. The molecule has 0 unspecified atom stereocenters. The van der Waals surface area contributed by atoms with Crippen LogP contribution in [0.15, 0.2) is 54.7 Å². The molecule has 0 radical (unpaired) electrons. The van der Waals surface area contributed by atoms with Crippen molar-refractivity contribution in [3.05, 3.63) is 66.1 Å². The molecular weight excluding hydrogens is 252 g/mol. The Morgan fingerprint density at radius 2 is 2.00 bits per heavy atom. The largest absolute Gasteiger partial charge is 0.485 e. The molecule has 4 nitrogen and oxygen atoms in total. The lowest BCUT2D eigenvalue weighted by atomic mass is 10.2. The Hall–Kier alpha value is -2.75. The van der Waals surface area contributed by atoms with Crippen LogP contribution in [0.5, 0.6) is 5.75 Å². The lowest BCUT2D eigenvalue weighted by molar-refractivity contribution is 0.111. The van der Waals surface area contributed by atoms with Crippen molar-refractivity contribution in [3.8, 4) is 5.75 Å². The maximum absolute atomic E-state index is 10.8. The first-order valence-corrected chi connectivity index (χ1v) is 6.24. The zero-order valence-electron chi connectivity index (χ0n) is 10.7. The molecular formula is C16H12N2O2. The van der Waals surface area contributed by atoms with Gasteiger partial charge < -0.3 is 4.74 Å². The monoisotopic (exact) mass is 264 g/mol. The number of aldehydes is 1. The minimum absolute atomic E-state index is 0.368. The smallest absolute Gasteiger partial charge is 0.168 e. The van der Waals surface area contributed by atoms with E-state index in [4.69, 9.17) is 4.74 Å². The first kappa shape index (κ1) is 12.3. The summed E-state index contributed by atoms with van der Waals surface area (Å²) >= 11 is 0. The molecule has 0 aliphatic carbocycles. The quantitative estimate of drug-likeness (QED) is 0.680. The number of carbonyl (C=O) groups is 1. The topological polar surface area (TPSA) is 52.1 Å². The molecule has 0 saturated heterocycles. The van der Waals surface area contributed by atoms with E-state index >= 15 is 0 Å². The number of ether oxygens (including phenoxy) is 1. The Bertz CT molecular complexity index is 742. The molecule has 0 bridgehead atoms. The molecule has 0 spiro atoms. The maximum Gasteiger partial charge on any atom is 0.168 e. The van der Waals surface area contributed by atoms with Crippen LogP contribution >= 0.6 is 0 Å². The van der Waals surface area contributed by atoms with Gasteiger partial charge in [0.25, 0.3) is 0 Å². The van der Waals surface area contributed by atoms with Crippen molar-refractivity contribution >= 4 is 17.2 Å². The summed E-state index contributed by atoms with van der Waals surface area (Å²) in [5.74, 6) is 0.650. The second-order valence-corrected chi connectivity index (χ2v) is 4.29. The van der Waals surface area contributed by atoms with Gasteiger partial charge in [0.05, 0.1) is 5.69 Å². The molecule has 3 rings (SSSR count). The Labute approximate surface area is 116 Å². The van der Waals surface area contributed by atoms with Gasteiger partial charge in [-0.2, -0.15) is 0 Å². The molecule has 0 fully saturated rings. The van der Waals surface area contributed by atoms with Crippen molar-refractivity contribution in [1.82, 2.24) is 9.97 Å². The van der Waals surface area contributed by atoms with E-state index in [-0.39, 0.29) is 0 Å². The standard InChI is InChI=1S/C16H12N2O2/c19-10-13-8-7-12-4-3-6-15(16(12)18-13)20-11-14-5-1-2-9-17-14/h1-10H,11H2. The molecule has 2 aromatic heterocycles. The van der Waals surface area contributed by atoms with Crippen LogP contribution in [0.3, 0.4) is 0 Å². The molecule has 2 heterocycles. The van der Waals surface area contributed by atoms with E-state index in [9.17, 15) is 4.79 Å². The van der Waals surface area contributed by atoms with Crippen LogP contribution in [0.4, 0.5) is 0 Å². The van der Waals surface area contributed by atoms with Crippen LogP contribution in [0.25, 0.3) is 10.9 Å². The molecule has 0 N–H and O–H groups in total. The molecule has 0 amide bonds. The Kier molecular flexibility index (Phi) is 3.37. The average molecular weight is 264 g/mol. The van der Waals surface area contributed by atoms with E-state index in [0.717, 1.165) is 17.4 Å². The van der Waals surface area contributed by atoms with Crippen molar-refractivity contribution in [1.29, 1.82) is 0 Å². The fraction of sp³-hybridized carbons (Fsp3) is 0.0625. The van der Waals surface area contributed by atoms with Crippen LogP contribution in [0.2, 0.25) is 0 Å². The number of hydrogen-bond acceptors (Lipinski definition) is 4. The van der Waals surface area contributed by atoms with Gasteiger partial charge in [-0.05, 0) is 24.3 Å². The van der Waals surface area contributed by atoms with Gasteiger partial charge >= 0.3 is 0 Å². The molecule has 0 aliphatic heterocycles. The van der Waals surface area contributed by atoms with Crippen molar-refractivity contribution in [2.24, 2.45) is 0 Å². The SMILES string of the molecule is O=Cc1ccc2cccc(OCc3ccccn3)c2n1. The molecule has 20 heavy (non-hydrogen) atoms. The summed E-state index contributed by atoms with van der Waals surface area (Å²) < 4.78 is 5.76. The van der Waals surface area contributed by atoms with Crippen molar-refractivity contribution in [3.63, 3.8) is 0 Å². The zero-order chi connectivity index (χ0) is 13.8. The maximum atomic E-state index is 10.8. The van der Waals surface area contributed by atoms with Gasteiger partial charge in [-0.25, -0.2) is 4.98 Å². The third-order valence-electron chi connectivity index (χ3n) is 2.93. The van der Waals surface area contributed by atoms with Crippen molar-refractivity contribution in [2.75, 3.05) is 0 Å². The highest BCUT2D eigenvalue weighted by Crippen LogP contribution is 2.24. The van der Waals surface area contributed by atoms with Crippen LogP contribution < -0.4 is 4.74 Å². The highest BCUT2D eigenvalue weighted by atomic mass is 16.5. The Morgan fingerprint density at radius 1 is 1.05 bits per heavy atom. The molecule has 0 atom stereocenters. The van der Waals surface area contributed by atoms with E-state index in [1.165, 1.54) is 0 Å². The van der Waals surface area contributed by atoms with E-state index in [0.29, 0.717) is 23.6 Å². The van der Waals surface area contributed by atoms with Gasteiger partial charge in [0.2, 0.25) is 0 Å². The third-order valence-corrected chi connectivity index (χ3v) is 2.93. The third kappa shape index (κ3) is 2.49. The highest BCUT2D eigenvalue weighted by molar-refractivity contribution is 5.87. The summed E-state index contributed by atoms with van der Waals surface area (Å²) in [5, 5.41) is 0.939. The predicted octanol–water partition coefficient (Wildman–Crippen LogP) is 3.02. The minimum atomic E-state index is 0.368. The normalized spacial score (nSPS) is 10.4. The van der Waals surface area contributed by atoms with Gasteiger partial charge in [0.15, 0.2) is 6.29 Å². The highest BCUT2D eigenvalue weighted by Gasteiger charge is 2.05. The van der Waals surface area contributed by atoms with Crippen LogP contribution in [-0.2, 0) is 6.61 Å². The Morgan fingerprint density at radius 3 is 2.80 bits per heavy atom. The van der Waals surface area contributed by atoms with Gasteiger partial charge in [0, 0.05) is 11.6 Å². The first-order chi connectivity index (χ1) is 9.86. The second-order valence-electron chi connectivity index (χ2n) is 4.29. The lowest BCUT2D eigenvalue weighted by Gasteiger charge is -2.08. The molecule has 3 aromatic rings. The number of para-hydroxylation sites is 1. The van der Waals surface area contributed by atoms with E-state index in [1.54, 1.807) is 12.3 Å². The minimum Gasteiger partial charge on any atom is -0.485 e. The van der Waals surface area contributed by atoms with Crippen LogP contribution in [0, 0.1) is 0 Å². The number of aromatic nitrogens is 2. The number of rotatable bonds is 4. The van der Waals surface area contributed by atoms with Gasteiger partial charge in [0.1, 0.15) is 23.6 Å². The van der Waals surface area contributed by atoms with E-state index in [2.05, 4.69) is 9.97 Å². The summed E-state index contributed by atoms with van der Waals surface area (Å²) in [6, 6.07) is 14.9. The summed E-state index contributed by atoms with van der Waals surface area (Å²) in [6.07, 6.45) is 2.46. The average Bonchev–Trinajstić information content (AvgIpc) is 2.53. The van der Waals surface area contributed by atoms with Crippen molar-refractivity contribution in [2.45, 2.75) is 6.61 Å². The second kappa shape index (κ2) is 5.48. The van der Waals surface area contributed by atoms with Gasteiger partial charge in [-0.1, -0.05) is 24.3 Å². The van der Waals surface area contributed by atoms with E-state index in [1.807, 2.05) is 42.5 Å². The molecule has 0 aliphatic rings. The number of carbonyl (C=O) groups excluding carboxylic acids is 1. The lowest BCUT2D eigenvalue weighted by Crippen LogP contribution is -1.99. The number of benzene rings is 1. The van der Waals surface area contributed by atoms with Crippen molar-refractivity contribution < 1.29 is 9.53 Å². The summed E-state index contributed by atoms with van der Waals surface area (Å²) in [5.41, 5.74) is 1.93. The zero-order valence-corrected chi connectivity index (χ0v) is 10.7. The van der Waals surface area contributed by atoms with Crippen LogP contribution in [-0.4, -0.2) is 16.3 Å². The number of hydrogen-bond donors (Lipinski definition) is 0. The van der Waals surface area contributed by atoms with Crippen LogP contribution in [0.1, 0.15) is 16.2 Å². The van der Waals surface area contributed by atoms with E-state index < -0.39 is 0 Å². The summed E-state index contributed by atoms with van der Waals surface area (Å²) in [6.45, 7) is 0.368. The molecule has 0 saturated carbocycles. The number of fused-ring (bicyclic) bond motifs is 1. The number of pyridine rings is 2.